The van der Waals surface area contributed by atoms with Crippen molar-refractivity contribution in [1.82, 2.24) is 4.90 Å². The van der Waals surface area contributed by atoms with Crippen molar-refractivity contribution < 1.29 is 9.90 Å². The Morgan fingerprint density at radius 1 is 1.19 bits per heavy atom. The first kappa shape index (κ1) is 14.8. The highest BCUT2D eigenvalue weighted by Gasteiger charge is 2.37. The highest BCUT2D eigenvalue weighted by molar-refractivity contribution is 7.13. The zero-order chi connectivity index (χ0) is 15.0. The molecule has 112 valence electrons. The Morgan fingerprint density at radius 2 is 1.76 bits per heavy atom. The molecule has 2 aromatic heterocycles. The highest BCUT2D eigenvalue weighted by atomic mass is 32.1. The highest BCUT2D eigenvalue weighted by Crippen LogP contribution is 2.40. The first-order valence-corrected chi connectivity index (χ1v) is 8.81. The number of aryl methyl sites for hydroxylation is 2. The molecule has 3 rings (SSSR count). The Hall–Kier alpha value is -1.17. The van der Waals surface area contributed by atoms with Gasteiger partial charge < -0.3 is 5.11 Å². The summed E-state index contributed by atoms with van der Waals surface area (Å²) in [6.07, 6.45) is 1.71. The van der Waals surface area contributed by atoms with Crippen molar-refractivity contribution in [1.29, 1.82) is 0 Å². The molecule has 5 heteroatoms. The van der Waals surface area contributed by atoms with Crippen LogP contribution < -0.4 is 0 Å². The lowest BCUT2D eigenvalue weighted by Crippen LogP contribution is -2.38. The van der Waals surface area contributed by atoms with Crippen molar-refractivity contribution in [2.24, 2.45) is 0 Å². The van der Waals surface area contributed by atoms with Gasteiger partial charge in [-0.15, -0.1) is 22.7 Å². The molecule has 3 heterocycles. The van der Waals surface area contributed by atoms with Gasteiger partial charge in [0.05, 0.1) is 6.04 Å². The summed E-state index contributed by atoms with van der Waals surface area (Å²) in [6, 6.07) is 8.28. The Morgan fingerprint density at radius 3 is 2.19 bits per heavy atom. The molecule has 0 saturated carbocycles. The summed E-state index contributed by atoms with van der Waals surface area (Å²) in [5.74, 6) is -0.695. The van der Waals surface area contributed by atoms with E-state index in [4.69, 9.17) is 0 Å². The number of carboxylic acids is 1. The molecule has 1 aliphatic rings. The minimum atomic E-state index is -0.695. The predicted octanol–water partition coefficient (Wildman–Crippen LogP) is 4.06. The topological polar surface area (TPSA) is 40.5 Å². The van der Waals surface area contributed by atoms with Crippen LogP contribution in [0.5, 0.6) is 0 Å². The van der Waals surface area contributed by atoms with Crippen molar-refractivity contribution in [3.8, 4) is 0 Å². The minimum Gasteiger partial charge on any atom is -0.480 e. The first-order chi connectivity index (χ1) is 10.1. The van der Waals surface area contributed by atoms with Gasteiger partial charge in [-0.1, -0.05) is 0 Å². The Labute approximate surface area is 132 Å². The summed E-state index contributed by atoms with van der Waals surface area (Å²) in [6.45, 7) is 5.06. The number of carbonyl (C=O) groups is 1. The van der Waals surface area contributed by atoms with E-state index in [0.717, 1.165) is 19.4 Å². The Balaban J connectivity index is 2.02. The van der Waals surface area contributed by atoms with E-state index in [1.807, 2.05) is 0 Å². The van der Waals surface area contributed by atoms with Crippen molar-refractivity contribution >= 4 is 28.6 Å². The van der Waals surface area contributed by atoms with Gasteiger partial charge in [0.15, 0.2) is 0 Å². The zero-order valence-corrected chi connectivity index (χ0v) is 13.8. The standard InChI is InChI=1S/C16H19NO2S2/c1-10-5-7-13(20-10)15(14-8-6-11(2)21-14)17-9-3-4-12(17)16(18)19/h5-8,12,15H,3-4,9H2,1-2H3,(H,18,19). The lowest BCUT2D eigenvalue weighted by atomic mass is 10.1. The average Bonchev–Trinajstić information content (AvgIpc) is 3.13. The van der Waals surface area contributed by atoms with E-state index in [2.05, 4.69) is 43.0 Å². The van der Waals surface area contributed by atoms with Crippen LogP contribution in [0.25, 0.3) is 0 Å². The molecule has 0 bridgehead atoms. The molecule has 1 atom stereocenters. The number of hydrogen-bond donors (Lipinski definition) is 1. The maximum Gasteiger partial charge on any atom is 0.320 e. The van der Waals surface area contributed by atoms with E-state index in [-0.39, 0.29) is 12.1 Å². The van der Waals surface area contributed by atoms with Gasteiger partial charge in [0, 0.05) is 26.1 Å². The molecule has 0 radical (unpaired) electrons. The molecule has 2 aromatic rings. The van der Waals surface area contributed by atoms with Gasteiger partial charge in [-0.2, -0.15) is 0 Å². The van der Waals surface area contributed by atoms with E-state index in [9.17, 15) is 9.90 Å². The molecule has 0 aliphatic carbocycles. The molecular weight excluding hydrogens is 302 g/mol. The largest absolute Gasteiger partial charge is 0.480 e. The van der Waals surface area contributed by atoms with Crippen molar-refractivity contribution in [3.05, 3.63) is 43.8 Å². The summed E-state index contributed by atoms with van der Waals surface area (Å²) in [7, 11) is 0. The van der Waals surface area contributed by atoms with Crippen molar-refractivity contribution in [3.63, 3.8) is 0 Å². The lowest BCUT2D eigenvalue weighted by molar-refractivity contribution is -0.142. The van der Waals surface area contributed by atoms with Crippen LogP contribution in [0.15, 0.2) is 24.3 Å². The summed E-state index contributed by atoms with van der Waals surface area (Å²) >= 11 is 3.55. The van der Waals surface area contributed by atoms with Gasteiger partial charge >= 0.3 is 5.97 Å². The van der Waals surface area contributed by atoms with E-state index < -0.39 is 5.97 Å². The fourth-order valence-corrected chi connectivity index (χ4v) is 5.14. The maximum absolute atomic E-state index is 11.6. The normalized spacial score (nSPS) is 19.5. The van der Waals surface area contributed by atoms with Crippen LogP contribution in [-0.2, 0) is 4.79 Å². The van der Waals surface area contributed by atoms with Crippen molar-refractivity contribution in [2.45, 2.75) is 38.8 Å². The number of nitrogens with zero attached hydrogens (tertiary/aromatic N) is 1. The van der Waals surface area contributed by atoms with E-state index in [0.29, 0.717) is 0 Å². The van der Waals surface area contributed by atoms with Gasteiger partial charge in [0.25, 0.3) is 0 Å². The number of hydrogen-bond acceptors (Lipinski definition) is 4. The number of aliphatic carboxylic acids is 1. The van der Waals surface area contributed by atoms with E-state index in [1.54, 1.807) is 22.7 Å². The lowest BCUT2D eigenvalue weighted by Gasteiger charge is -2.29. The Bertz CT molecular complexity index is 606. The van der Waals surface area contributed by atoms with E-state index in [1.165, 1.54) is 19.5 Å². The summed E-state index contributed by atoms with van der Waals surface area (Å²) in [4.78, 5) is 18.8. The van der Waals surface area contributed by atoms with Crippen LogP contribution in [0.1, 0.15) is 38.4 Å². The van der Waals surface area contributed by atoms with Crippen LogP contribution in [0.3, 0.4) is 0 Å². The molecule has 1 fully saturated rings. The molecule has 3 nitrogen and oxygen atoms in total. The second-order valence-electron chi connectivity index (χ2n) is 5.53. The van der Waals surface area contributed by atoms with Gasteiger partial charge in [-0.3, -0.25) is 9.69 Å². The van der Waals surface area contributed by atoms with Gasteiger partial charge in [0.2, 0.25) is 0 Å². The smallest absolute Gasteiger partial charge is 0.320 e. The average molecular weight is 321 g/mol. The molecule has 21 heavy (non-hydrogen) atoms. The van der Waals surface area contributed by atoms with Crippen LogP contribution in [0.4, 0.5) is 0 Å². The SMILES string of the molecule is Cc1ccc(C(c2ccc(C)s2)N2CCCC2C(=O)O)s1. The Kier molecular flexibility index (Phi) is 4.15. The maximum atomic E-state index is 11.6. The number of rotatable bonds is 4. The number of likely N-dealkylation sites (tertiary alicyclic amines) is 1. The fourth-order valence-electron chi connectivity index (χ4n) is 3.03. The monoisotopic (exact) mass is 321 g/mol. The molecule has 1 N–H and O–H groups in total. The quantitative estimate of drug-likeness (QED) is 0.923. The van der Waals surface area contributed by atoms with E-state index >= 15 is 0 Å². The second-order valence-corrected chi connectivity index (χ2v) is 8.17. The summed E-state index contributed by atoms with van der Waals surface area (Å²) < 4.78 is 0. The molecule has 0 amide bonds. The van der Waals surface area contributed by atoms with Crippen LogP contribution in [0.2, 0.25) is 0 Å². The third-order valence-electron chi connectivity index (χ3n) is 3.97. The number of thiophene rings is 2. The fraction of sp³-hybridized carbons (Fsp3) is 0.438. The molecule has 0 spiro atoms. The molecule has 1 unspecified atom stereocenters. The third-order valence-corrected chi connectivity index (χ3v) is 6.08. The molecular formula is C16H19NO2S2. The van der Waals surface area contributed by atoms with Gasteiger partial charge in [0.1, 0.15) is 6.04 Å². The van der Waals surface area contributed by atoms with Crippen LogP contribution >= 0.6 is 22.7 Å². The van der Waals surface area contributed by atoms with Crippen molar-refractivity contribution in [2.75, 3.05) is 6.54 Å². The molecule has 1 saturated heterocycles. The summed E-state index contributed by atoms with van der Waals surface area (Å²) in [5.41, 5.74) is 0. The second kappa shape index (κ2) is 5.91. The van der Waals surface area contributed by atoms with Gasteiger partial charge in [-0.05, 0) is 51.0 Å². The van der Waals surface area contributed by atoms with Crippen LogP contribution in [-0.4, -0.2) is 28.6 Å². The van der Waals surface area contributed by atoms with Gasteiger partial charge in [-0.25, -0.2) is 0 Å². The summed E-state index contributed by atoms with van der Waals surface area (Å²) in [5, 5.41) is 9.50. The van der Waals surface area contributed by atoms with Crippen LogP contribution in [0, 0.1) is 13.8 Å². The molecule has 0 aromatic carbocycles. The minimum absolute atomic E-state index is 0.0889. The third kappa shape index (κ3) is 2.91. The number of carboxylic acid groups (broad SMARTS) is 1. The molecule has 1 aliphatic heterocycles. The zero-order valence-electron chi connectivity index (χ0n) is 12.2. The predicted molar refractivity (Wildman–Crippen MR) is 87.3 cm³/mol. The first-order valence-electron chi connectivity index (χ1n) is 7.17.